The highest BCUT2D eigenvalue weighted by Gasteiger charge is 2.31. The number of rotatable bonds is 7. The summed E-state index contributed by atoms with van der Waals surface area (Å²) < 4.78 is 15.5. The number of esters is 1. The smallest absolute Gasteiger partial charge is 0.410 e. The third-order valence-electron chi connectivity index (χ3n) is 4.88. The Kier molecular flexibility index (Phi) is 8.65. The number of piperidine rings is 1. The first kappa shape index (κ1) is 24.4. The zero-order valence-electron chi connectivity index (χ0n) is 19.0. The second-order valence-electron chi connectivity index (χ2n) is 8.45. The van der Waals surface area contributed by atoms with Crippen LogP contribution in [0.1, 0.15) is 58.6 Å². The van der Waals surface area contributed by atoms with E-state index < -0.39 is 17.6 Å². The van der Waals surface area contributed by atoms with Gasteiger partial charge in [-0.15, -0.1) is 0 Å². The topological polar surface area (TPSA) is 107 Å². The van der Waals surface area contributed by atoms with Crippen molar-refractivity contribution in [1.82, 2.24) is 15.2 Å². The summed E-state index contributed by atoms with van der Waals surface area (Å²) in [6.45, 7) is 8.36. The molecule has 1 fully saturated rings. The van der Waals surface area contributed by atoms with Crippen molar-refractivity contribution in [3.05, 3.63) is 23.9 Å². The highest BCUT2D eigenvalue weighted by atomic mass is 16.6. The minimum Gasteiger partial charge on any atom is -0.481 e. The molecule has 0 aromatic carbocycles. The van der Waals surface area contributed by atoms with Gasteiger partial charge in [0.25, 0.3) is 0 Å². The molecule has 1 saturated heterocycles. The summed E-state index contributed by atoms with van der Waals surface area (Å²) in [5.41, 5.74) is 0.131. The normalized spacial score (nSPS) is 15.7. The van der Waals surface area contributed by atoms with E-state index in [0.29, 0.717) is 37.4 Å². The fourth-order valence-corrected chi connectivity index (χ4v) is 3.30. The molecule has 31 heavy (non-hydrogen) atoms. The summed E-state index contributed by atoms with van der Waals surface area (Å²) in [5.74, 6) is -0.369. The van der Waals surface area contributed by atoms with Crippen molar-refractivity contribution >= 4 is 18.0 Å². The third kappa shape index (κ3) is 7.73. The van der Waals surface area contributed by atoms with Crippen molar-refractivity contribution in [2.24, 2.45) is 5.92 Å². The number of carbonyl (C=O) groups excluding carboxylic acids is 3. The number of nitrogens with one attached hydrogen (secondary N) is 1. The first-order chi connectivity index (χ1) is 14.6. The van der Waals surface area contributed by atoms with E-state index in [1.165, 1.54) is 7.11 Å². The first-order valence-corrected chi connectivity index (χ1v) is 10.6. The van der Waals surface area contributed by atoms with Crippen molar-refractivity contribution in [3.8, 4) is 5.88 Å². The molecule has 172 valence electrons. The van der Waals surface area contributed by atoms with E-state index in [0.717, 1.165) is 0 Å². The summed E-state index contributed by atoms with van der Waals surface area (Å²) in [6, 6.07) is 2.88. The van der Waals surface area contributed by atoms with E-state index in [1.54, 1.807) is 30.2 Å². The molecule has 9 heteroatoms. The summed E-state index contributed by atoms with van der Waals surface area (Å²) in [6.07, 6.45) is 2.27. The minimum atomic E-state index is -0.561. The van der Waals surface area contributed by atoms with Crippen LogP contribution in [0.4, 0.5) is 4.79 Å². The predicted molar refractivity (Wildman–Crippen MR) is 113 cm³/mol. The highest BCUT2D eigenvalue weighted by Crippen LogP contribution is 2.23. The Hall–Kier alpha value is -2.84. The quantitative estimate of drug-likeness (QED) is 0.656. The van der Waals surface area contributed by atoms with Crippen LogP contribution in [0, 0.1) is 5.92 Å². The summed E-state index contributed by atoms with van der Waals surface area (Å²) in [7, 11) is 1.52. The van der Waals surface area contributed by atoms with Crippen LogP contribution in [-0.4, -0.2) is 60.3 Å². The van der Waals surface area contributed by atoms with Crippen LogP contribution < -0.4 is 10.1 Å². The van der Waals surface area contributed by atoms with Gasteiger partial charge in [0.2, 0.25) is 11.8 Å². The number of amides is 2. The minimum absolute atomic E-state index is 0.00431. The average molecular weight is 436 g/mol. The molecular formula is C22H33N3O6. The van der Waals surface area contributed by atoms with Crippen molar-refractivity contribution in [1.29, 1.82) is 0 Å². The SMILES string of the molecule is CCOC(=O)C[C@H](NC(=O)C1CCN(C(=O)OC(C)(C)C)CC1)c1ccc(OC)nc1. The van der Waals surface area contributed by atoms with Gasteiger partial charge in [0.15, 0.2) is 0 Å². The van der Waals surface area contributed by atoms with Gasteiger partial charge in [-0.1, -0.05) is 6.07 Å². The van der Waals surface area contributed by atoms with Gasteiger partial charge in [0, 0.05) is 31.3 Å². The van der Waals surface area contributed by atoms with Crippen LogP contribution in [-0.2, 0) is 19.1 Å². The van der Waals surface area contributed by atoms with Crippen molar-refractivity contribution < 1.29 is 28.6 Å². The molecule has 0 spiro atoms. The molecule has 1 atom stereocenters. The maximum atomic E-state index is 12.9. The molecule has 1 N–H and O–H groups in total. The van der Waals surface area contributed by atoms with E-state index >= 15 is 0 Å². The van der Waals surface area contributed by atoms with E-state index in [4.69, 9.17) is 14.2 Å². The molecule has 0 unspecified atom stereocenters. The van der Waals surface area contributed by atoms with Crippen LogP contribution in [0.2, 0.25) is 0 Å². The Labute approximate surface area is 183 Å². The molecule has 1 aliphatic rings. The number of ether oxygens (including phenoxy) is 3. The third-order valence-corrected chi connectivity index (χ3v) is 4.88. The van der Waals surface area contributed by atoms with Crippen LogP contribution in [0.5, 0.6) is 5.88 Å². The van der Waals surface area contributed by atoms with E-state index in [-0.39, 0.29) is 30.9 Å². The highest BCUT2D eigenvalue weighted by molar-refractivity contribution is 5.80. The van der Waals surface area contributed by atoms with Crippen molar-refractivity contribution in [2.45, 2.75) is 58.6 Å². The predicted octanol–water partition coefficient (Wildman–Crippen LogP) is 2.85. The maximum Gasteiger partial charge on any atom is 0.410 e. The zero-order chi connectivity index (χ0) is 23.0. The van der Waals surface area contributed by atoms with Gasteiger partial charge in [-0.2, -0.15) is 0 Å². The standard InChI is InChI=1S/C22H33N3O6/c1-6-30-19(26)13-17(16-7-8-18(29-5)23-14-16)24-20(27)15-9-11-25(12-10-15)21(28)31-22(2,3)4/h7-8,14-15,17H,6,9-13H2,1-5H3,(H,24,27)/t17-/m0/s1. The molecule has 0 bridgehead atoms. The van der Waals surface area contributed by atoms with Crippen molar-refractivity contribution in [2.75, 3.05) is 26.8 Å². The molecule has 0 aliphatic carbocycles. The number of aromatic nitrogens is 1. The molecule has 2 rings (SSSR count). The molecule has 0 radical (unpaired) electrons. The second kappa shape index (κ2) is 11.0. The number of likely N-dealkylation sites (tertiary alicyclic amines) is 1. The van der Waals surface area contributed by atoms with Gasteiger partial charge in [-0.3, -0.25) is 9.59 Å². The van der Waals surface area contributed by atoms with E-state index in [9.17, 15) is 14.4 Å². The summed E-state index contributed by atoms with van der Waals surface area (Å²) in [5, 5.41) is 2.96. The maximum absolute atomic E-state index is 12.9. The molecule has 1 aliphatic heterocycles. The zero-order valence-corrected chi connectivity index (χ0v) is 19.0. The van der Waals surface area contributed by atoms with Gasteiger partial charge < -0.3 is 24.4 Å². The molecule has 1 aromatic heterocycles. The molecule has 1 aromatic rings. The molecule has 2 heterocycles. The Morgan fingerprint density at radius 2 is 1.90 bits per heavy atom. The van der Waals surface area contributed by atoms with Crippen molar-refractivity contribution in [3.63, 3.8) is 0 Å². The van der Waals surface area contributed by atoms with Gasteiger partial charge >= 0.3 is 12.1 Å². The molecule has 2 amide bonds. The number of hydrogen-bond donors (Lipinski definition) is 1. The number of pyridine rings is 1. The molecule has 0 saturated carbocycles. The average Bonchev–Trinajstić information content (AvgIpc) is 2.72. The Morgan fingerprint density at radius 1 is 1.23 bits per heavy atom. The largest absolute Gasteiger partial charge is 0.481 e. The van der Waals surface area contributed by atoms with Gasteiger partial charge in [0.05, 0.1) is 26.2 Å². The Morgan fingerprint density at radius 3 is 2.42 bits per heavy atom. The Bertz CT molecular complexity index is 752. The van der Waals surface area contributed by atoms with Crippen LogP contribution in [0.3, 0.4) is 0 Å². The first-order valence-electron chi connectivity index (χ1n) is 10.6. The van der Waals surface area contributed by atoms with Crippen LogP contribution in [0.15, 0.2) is 18.3 Å². The molecule has 9 nitrogen and oxygen atoms in total. The summed E-state index contributed by atoms with van der Waals surface area (Å²) in [4.78, 5) is 43.0. The lowest BCUT2D eigenvalue weighted by atomic mass is 9.95. The van der Waals surface area contributed by atoms with Gasteiger partial charge in [-0.05, 0) is 46.1 Å². The lowest BCUT2D eigenvalue weighted by molar-refractivity contribution is -0.144. The lowest BCUT2D eigenvalue weighted by Gasteiger charge is -2.33. The number of methoxy groups -OCH3 is 1. The number of carbonyl (C=O) groups is 3. The van der Waals surface area contributed by atoms with Crippen LogP contribution >= 0.6 is 0 Å². The van der Waals surface area contributed by atoms with Crippen LogP contribution in [0.25, 0.3) is 0 Å². The van der Waals surface area contributed by atoms with E-state index in [2.05, 4.69) is 10.3 Å². The fraction of sp³-hybridized carbons (Fsp3) is 0.636. The monoisotopic (exact) mass is 435 g/mol. The second-order valence-corrected chi connectivity index (χ2v) is 8.45. The summed E-state index contributed by atoms with van der Waals surface area (Å²) >= 11 is 0. The fourth-order valence-electron chi connectivity index (χ4n) is 3.30. The lowest BCUT2D eigenvalue weighted by Crippen LogP contribution is -2.45. The van der Waals surface area contributed by atoms with E-state index in [1.807, 2.05) is 20.8 Å². The number of nitrogens with zero attached hydrogens (tertiary/aromatic N) is 2. The molecular weight excluding hydrogens is 402 g/mol. The van der Waals surface area contributed by atoms with Gasteiger partial charge in [0.1, 0.15) is 5.60 Å². The number of hydrogen-bond acceptors (Lipinski definition) is 7. The van der Waals surface area contributed by atoms with Gasteiger partial charge in [-0.25, -0.2) is 9.78 Å². The Balaban J connectivity index is 1.99.